The molecule has 7 nitrogen and oxygen atoms in total. The predicted octanol–water partition coefficient (Wildman–Crippen LogP) is 0.935. The van der Waals surface area contributed by atoms with Crippen molar-refractivity contribution in [2.45, 2.75) is 58.7 Å². The number of carbonyl (C=O) groups is 2. The van der Waals surface area contributed by atoms with Gasteiger partial charge in [0.15, 0.2) is 9.84 Å². The van der Waals surface area contributed by atoms with Crippen molar-refractivity contribution in [3.63, 3.8) is 0 Å². The van der Waals surface area contributed by atoms with Crippen molar-refractivity contribution in [1.29, 1.82) is 0 Å². The number of ether oxygens (including phenoxy) is 1. The number of sulfone groups is 1. The zero-order valence-corrected chi connectivity index (χ0v) is 14.7. The summed E-state index contributed by atoms with van der Waals surface area (Å²) < 4.78 is 28.2. The van der Waals surface area contributed by atoms with Crippen molar-refractivity contribution in [1.82, 2.24) is 10.2 Å². The largest absolute Gasteiger partial charge is 0.444 e. The van der Waals surface area contributed by atoms with Crippen LogP contribution in [0.4, 0.5) is 4.79 Å². The lowest BCUT2D eigenvalue weighted by molar-refractivity contribution is -0.134. The fourth-order valence-electron chi connectivity index (χ4n) is 2.41. The lowest BCUT2D eigenvalue weighted by Crippen LogP contribution is -2.51. The van der Waals surface area contributed by atoms with Crippen molar-refractivity contribution < 1.29 is 22.7 Å². The Bertz CT molecular complexity index is 524. The third-order valence-corrected chi connectivity index (χ3v) is 5.13. The zero-order valence-electron chi connectivity index (χ0n) is 13.9. The van der Waals surface area contributed by atoms with Crippen LogP contribution < -0.4 is 5.32 Å². The summed E-state index contributed by atoms with van der Waals surface area (Å²) in [6.45, 7) is 8.98. The summed E-state index contributed by atoms with van der Waals surface area (Å²) in [6.07, 6.45) is -0.218. The Morgan fingerprint density at radius 3 is 2.36 bits per heavy atom. The van der Waals surface area contributed by atoms with E-state index in [4.69, 9.17) is 4.74 Å². The smallest absolute Gasteiger partial charge is 0.408 e. The van der Waals surface area contributed by atoms with E-state index in [-0.39, 0.29) is 23.5 Å². The molecule has 0 aromatic carbocycles. The van der Waals surface area contributed by atoms with Gasteiger partial charge in [-0.3, -0.25) is 4.79 Å². The second-order valence-electron chi connectivity index (χ2n) is 6.55. The number of nitrogens with one attached hydrogen (secondary N) is 1. The maximum Gasteiger partial charge on any atom is 0.408 e. The second-order valence-corrected chi connectivity index (χ2v) is 8.78. The van der Waals surface area contributed by atoms with E-state index < -0.39 is 27.6 Å². The molecule has 22 heavy (non-hydrogen) atoms. The molecule has 1 heterocycles. The predicted molar refractivity (Wildman–Crippen MR) is 83.3 cm³/mol. The monoisotopic (exact) mass is 334 g/mol. The van der Waals surface area contributed by atoms with Crippen molar-refractivity contribution in [2.24, 2.45) is 0 Å². The van der Waals surface area contributed by atoms with E-state index in [9.17, 15) is 18.0 Å². The summed E-state index contributed by atoms with van der Waals surface area (Å²) in [7, 11) is -3.06. The highest BCUT2D eigenvalue weighted by molar-refractivity contribution is 7.91. The highest BCUT2D eigenvalue weighted by atomic mass is 32.2. The summed E-state index contributed by atoms with van der Waals surface area (Å²) in [5.41, 5.74) is -0.642. The highest BCUT2D eigenvalue weighted by Gasteiger charge is 2.35. The van der Waals surface area contributed by atoms with Gasteiger partial charge < -0.3 is 15.0 Å². The van der Waals surface area contributed by atoms with Crippen molar-refractivity contribution >= 4 is 21.8 Å². The number of carbonyl (C=O) groups excluding carboxylic acids is 2. The number of hydrogen-bond acceptors (Lipinski definition) is 5. The van der Waals surface area contributed by atoms with Gasteiger partial charge in [0.1, 0.15) is 11.6 Å². The van der Waals surface area contributed by atoms with Crippen LogP contribution in [0.25, 0.3) is 0 Å². The van der Waals surface area contributed by atoms with Crippen molar-refractivity contribution in [3.05, 3.63) is 0 Å². The van der Waals surface area contributed by atoms with Gasteiger partial charge in [-0.15, -0.1) is 0 Å². The topological polar surface area (TPSA) is 92.8 Å². The Balaban J connectivity index is 2.66. The summed E-state index contributed by atoms with van der Waals surface area (Å²) >= 11 is 0. The molecule has 0 aliphatic carbocycles. The van der Waals surface area contributed by atoms with Gasteiger partial charge in [0.05, 0.1) is 11.5 Å². The molecule has 0 bridgehead atoms. The Hall–Kier alpha value is -1.31. The maximum atomic E-state index is 12.4. The Kier molecular flexibility index (Phi) is 5.83. The number of rotatable bonds is 4. The van der Waals surface area contributed by atoms with Crippen LogP contribution in [0.5, 0.6) is 0 Å². The van der Waals surface area contributed by atoms with E-state index in [1.54, 1.807) is 34.6 Å². The minimum absolute atomic E-state index is 0.00820. The van der Waals surface area contributed by atoms with Gasteiger partial charge in [0, 0.05) is 12.6 Å². The normalized spacial score (nSPS) is 22.0. The van der Waals surface area contributed by atoms with Crippen LogP contribution in [0.1, 0.15) is 41.0 Å². The number of nitrogens with zero attached hydrogens (tertiary/aromatic N) is 1. The van der Waals surface area contributed by atoms with Crippen LogP contribution in [0.3, 0.4) is 0 Å². The standard InChI is InChI=1S/C14H26N2O5S/c1-6-16(11-7-8-22(19,20)9-11)12(17)10(2)15-13(18)21-14(3,4)5/h10-11H,6-9H2,1-5H3,(H,15,18). The molecule has 1 rings (SSSR count). The number of hydrogen-bond donors (Lipinski definition) is 1. The van der Waals surface area contributed by atoms with Crippen LogP contribution in [0, 0.1) is 0 Å². The minimum atomic E-state index is -3.06. The van der Waals surface area contributed by atoms with Gasteiger partial charge in [0.25, 0.3) is 0 Å². The maximum absolute atomic E-state index is 12.4. The fourth-order valence-corrected chi connectivity index (χ4v) is 4.14. The molecule has 128 valence electrons. The lowest BCUT2D eigenvalue weighted by Gasteiger charge is -2.30. The van der Waals surface area contributed by atoms with E-state index in [0.29, 0.717) is 13.0 Å². The molecule has 2 unspecified atom stereocenters. The fraction of sp³-hybridized carbons (Fsp3) is 0.857. The van der Waals surface area contributed by atoms with E-state index in [0.717, 1.165) is 0 Å². The van der Waals surface area contributed by atoms with Crippen molar-refractivity contribution in [2.75, 3.05) is 18.1 Å². The van der Waals surface area contributed by atoms with Gasteiger partial charge in [-0.05, 0) is 41.0 Å². The first kappa shape index (κ1) is 18.7. The SMILES string of the molecule is CCN(C(=O)C(C)NC(=O)OC(C)(C)C)C1CCS(=O)(=O)C1. The Morgan fingerprint density at radius 2 is 1.95 bits per heavy atom. The third-order valence-electron chi connectivity index (χ3n) is 3.38. The second kappa shape index (κ2) is 6.85. The summed E-state index contributed by atoms with van der Waals surface area (Å²) in [5, 5.41) is 2.49. The molecule has 1 aliphatic heterocycles. The minimum Gasteiger partial charge on any atom is -0.444 e. The number of alkyl carbamates (subject to hydrolysis) is 1. The van der Waals surface area contributed by atoms with E-state index in [1.165, 1.54) is 4.90 Å². The Labute approximate surface area is 132 Å². The third kappa shape index (κ3) is 5.47. The van der Waals surface area contributed by atoms with Gasteiger partial charge in [-0.25, -0.2) is 13.2 Å². The molecule has 1 saturated heterocycles. The molecule has 0 spiro atoms. The zero-order chi connectivity index (χ0) is 17.1. The van der Waals surface area contributed by atoms with Crippen LogP contribution in [-0.4, -0.2) is 61.1 Å². The van der Waals surface area contributed by atoms with Gasteiger partial charge >= 0.3 is 6.09 Å². The lowest BCUT2D eigenvalue weighted by atomic mass is 10.2. The first-order chi connectivity index (χ1) is 9.95. The Morgan fingerprint density at radius 1 is 1.36 bits per heavy atom. The van der Waals surface area contributed by atoms with Crippen molar-refractivity contribution in [3.8, 4) is 0 Å². The number of amides is 2. The average Bonchev–Trinajstić information content (AvgIpc) is 2.67. The van der Waals surface area contributed by atoms with Crippen LogP contribution >= 0.6 is 0 Å². The molecule has 2 atom stereocenters. The summed E-state index contributed by atoms with van der Waals surface area (Å²) in [5.74, 6) is -0.198. The van der Waals surface area contributed by atoms with E-state index in [2.05, 4.69) is 5.32 Å². The molecule has 0 aromatic heterocycles. The molecule has 0 aromatic rings. The molecular formula is C14H26N2O5S. The average molecular weight is 334 g/mol. The quantitative estimate of drug-likeness (QED) is 0.826. The number of likely N-dealkylation sites (N-methyl/N-ethyl adjacent to an activating group) is 1. The van der Waals surface area contributed by atoms with E-state index >= 15 is 0 Å². The molecule has 1 aliphatic rings. The van der Waals surface area contributed by atoms with Gasteiger partial charge in [0.2, 0.25) is 5.91 Å². The molecular weight excluding hydrogens is 308 g/mol. The molecule has 0 saturated carbocycles. The van der Waals surface area contributed by atoms with Gasteiger partial charge in [-0.1, -0.05) is 0 Å². The summed E-state index contributed by atoms with van der Waals surface area (Å²) in [4.78, 5) is 25.7. The molecule has 8 heteroatoms. The van der Waals surface area contributed by atoms with E-state index in [1.807, 2.05) is 0 Å². The van der Waals surface area contributed by atoms with Gasteiger partial charge in [-0.2, -0.15) is 0 Å². The molecule has 1 fully saturated rings. The molecule has 1 N–H and O–H groups in total. The first-order valence-corrected chi connectivity index (χ1v) is 9.27. The van der Waals surface area contributed by atoms with Crippen LogP contribution in [0.2, 0.25) is 0 Å². The first-order valence-electron chi connectivity index (χ1n) is 7.45. The summed E-state index contributed by atoms with van der Waals surface area (Å²) in [6, 6.07) is -1.08. The molecule has 0 radical (unpaired) electrons. The molecule has 2 amide bonds. The van der Waals surface area contributed by atoms with Crippen LogP contribution in [-0.2, 0) is 19.4 Å². The highest BCUT2D eigenvalue weighted by Crippen LogP contribution is 2.18. The van der Waals surface area contributed by atoms with Crippen LogP contribution in [0.15, 0.2) is 0 Å².